The van der Waals surface area contributed by atoms with Gasteiger partial charge in [0.05, 0.1) is 12.7 Å². The van der Waals surface area contributed by atoms with Crippen molar-refractivity contribution >= 4 is 34.7 Å². The number of halogens is 1. The second kappa shape index (κ2) is 18.6. The van der Waals surface area contributed by atoms with Crippen LogP contribution in [0.4, 0.5) is 0 Å². The van der Waals surface area contributed by atoms with Crippen LogP contribution in [-0.2, 0) is 35.5 Å². The zero-order valence-electron chi connectivity index (χ0n) is 27.4. The highest BCUT2D eigenvalue weighted by Crippen LogP contribution is 2.27. The maximum absolute atomic E-state index is 12.8. The van der Waals surface area contributed by atoms with Gasteiger partial charge in [0.2, 0.25) is 0 Å². The molecule has 0 bridgehead atoms. The number of rotatable bonds is 19. The molecule has 0 aliphatic carbocycles. The first-order valence-corrected chi connectivity index (χ1v) is 17.8. The van der Waals surface area contributed by atoms with E-state index in [9.17, 15) is 19.8 Å². The average Bonchev–Trinajstić information content (AvgIpc) is 3.59. The number of carbonyl (C=O) groups is 2. The predicted octanol–water partition coefficient (Wildman–Crippen LogP) is 9.12. The molecule has 5 aromatic rings. The van der Waals surface area contributed by atoms with E-state index in [1.807, 2.05) is 48.5 Å². The number of aryl methyl sites for hydroxylation is 2. The summed E-state index contributed by atoms with van der Waals surface area (Å²) in [7, 11) is 0. The number of aliphatic hydroxyl groups excluding tert-OH is 1. The topological polar surface area (TPSA) is 87.1 Å². The van der Waals surface area contributed by atoms with Crippen LogP contribution >= 0.6 is 22.9 Å². The number of nitrogens with zero attached hydrogens (tertiary/aromatic N) is 1. The van der Waals surface area contributed by atoms with Crippen LogP contribution in [0.1, 0.15) is 73.8 Å². The van der Waals surface area contributed by atoms with Gasteiger partial charge < -0.3 is 14.9 Å². The summed E-state index contributed by atoms with van der Waals surface area (Å²) in [6.45, 7) is 2.28. The smallest absolute Gasteiger partial charge is 0.303 e. The van der Waals surface area contributed by atoms with Gasteiger partial charge in [0.25, 0.3) is 0 Å². The zero-order valence-corrected chi connectivity index (χ0v) is 29.0. The first kappa shape index (κ1) is 36.2. The van der Waals surface area contributed by atoms with Crippen molar-refractivity contribution in [2.75, 3.05) is 13.1 Å². The van der Waals surface area contributed by atoms with Crippen LogP contribution in [0.5, 0.6) is 0 Å². The molecule has 1 heterocycles. The fourth-order valence-corrected chi connectivity index (χ4v) is 6.89. The van der Waals surface area contributed by atoms with Crippen molar-refractivity contribution in [3.8, 4) is 0 Å². The van der Waals surface area contributed by atoms with Gasteiger partial charge in [-0.1, -0.05) is 109 Å². The van der Waals surface area contributed by atoms with Gasteiger partial charge in [0, 0.05) is 39.9 Å². The van der Waals surface area contributed by atoms with Crippen molar-refractivity contribution in [2.24, 2.45) is 0 Å². The minimum absolute atomic E-state index is 0.120. The average molecular weight is 696 g/mol. The summed E-state index contributed by atoms with van der Waals surface area (Å²) < 4.78 is 6.62. The number of aliphatic hydroxyl groups is 1. The number of carboxylic acid groups (broad SMARTS) is 1. The molecule has 0 aliphatic rings. The van der Waals surface area contributed by atoms with Crippen molar-refractivity contribution in [1.82, 2.24) is 4.90 Å². The number of thiophene rings is 1. The quantitative estimate of drug-likeness (QED) is 0.0662. The Morgan fingerprint density at radius 1 is 0.755 bits per heavy atom. The van der Waals surface area contributed by atoms with E-state index in [4.69, 9.17) is 16.3 Å². The fourth-order valence-electron chi connectivity index (χ4n) is 5.75. The molecule has 4 aromatic carbocycles. The van der Waals surface area contributed by atoms with Crippen LogP contribution in [-0.4, -0.2) is 40.0 Å². The van der Waals surface area contributed by atoms with Crippen LogP contribution < -0.4 is 0 Å². The third-order valence-electron chi connectivity index (χ3n) is 8.41. The summed E-state index contributed by atoms with van der Waals surface area (Å²) in [5, 5.41) is 20.6. The number of benzene rings is 4. The Bertz CT molecular complexity index is 1760. The molecule has 8 heteroatoms. The van der Waals surface area contributed by atoms with Crippen LogP contribution in [0, 0.1) is 0 Å². The molecular weight excluding hydrogens is 654 g/mol. The lowest BCUT2D eigenvalue weighted by molar-refractivity contribution is -0.137. The van der Waals surface area contributed by atoms with E-state index >= 15 is 0 Å². The van der Waals surface area contributed by atoms with Crippen molar-refractivity contribution in [2.45, 2.75) is 57.5 Å². The molecule has 0 radical (unpaired) electrons. The van der Waals surface area contributed by atoms with Gasteiger partial charge in [0.15, 0.2) is 5.78 Å². The molecule has 0 amide bonds. The van der Waals surface area contributed by atoms with Crippen LogP contribution in [0.25, 0.3) is 0 Å². The number of ketones is 1. The number of Topliss-reactive ketones (excluding diaryl/α,β-unsaturated/α-hetero) is 1. The van der Waals surface area contributed by atoms with Gasteiger partial charge >= 0.3 is 5.97 Å². The Kier molecular flexibility index (Phi) is 13.7. The van der Waals surface area contributed by atoms with E-state index in [-0.39, 0.29) is 18.3 Å². The van der Waals surface area contributed by atoms with E-state index < -0.39 is 12.1 Å². The largest absolute Gasteiger partial charge is 0.481 e. The second-order valence-corrected chi connectivity index (χ2v) is 13.9. The fraction of sp³-hybridized carbons (Fsp3) is 0.268. The molecule has 2 atom stereocenters. The molecule has 0 aliphatic heterocycles. The molecule has 0 spiro atoms. The van der Waals surface area contributed by atoms with Crippen LogP contribution in [0.2, 0.25) is 5.02 Å². The molecule has 1 aromatic heterocycles. The van der Waals surface area contributed by atoms with Gasteiger partial charge in [-0.15, -0.1) is 11.3 Å². The first-order chi connectivity index (χ1) is 23.8. The molecule has 5 rings (SSSR count). The standard InChI is InChI=1S/C41H42ClNO5S/c42-35-15-9-14-34(26-35)38(48-29-37-24-23-36(49-37)22-19-30-10-3-1-4-11-30)28-43(25-8-7-16-39(44)45)27-31-17-20-33(21-18-31)41(47)40(46)32-12-5-2-6-13-32/h1-6,9-15,17-18,20-21,23-24,26,38,41,47H,7-8,16,19,22,25,27-29H2,(H,44,45). The molecular formula is C41H42ClNO5S. The van der Waals surface area contributed by atoms with E-state index in [0.717, 1.165) is 28.8 Å². The molecule has 0 saturated carbocycles. The lowest BCUT2D eigenvalue weighted by atomic mass is 9.99. The number of hydrogen-bond donors (Lipinski definition) is 2. The lowest BCUT2D eigenvalue weighted by Crippen LogP contribution is -2.30. The highest BCUT2D eigenvalue weighted by Gasteiger charge is 2.21. The normalized spacial score (nSPS) is 12.6. The van der Waals surface area contributed by atoms with E-state index in [1.54, 1.807) is 47.7 Å². The Morgan fingerprint density at radius 2 is 1.47 bits per heavy atom. The van der Waals surface area contributed by atoms with Gasteiger partial charge in [-0.3, -0.25) is 14.5 Å². The molecule has 254 valence electrons. The van der Waals surface area contributed by atoms with Crippen LogP contribution in [0.15, 0.2) is 121 Å². The molecule has 2 N–H and O–H groups in total. The number of carboxylic acids is 1. The van der Waals surface area contributed by atoms with Crippen molar-refractivity contribution in [3.63, 3.8) is 0 Å². The number of aliphatic carboxylic acids is 1. The number of ether oxygens (including phenoxy) is 1. The number of unbranched alkanes of at least 4 members (excludes halogenated alkanes) is 1. The maximum atomic E-state index is 12.8. The number of hydrogen-bond acceptors (Lipinski definition) is 6. The predicted molar refractivity (Wildman–Crippen MR) is 196 cm³/mol. The van der Waals surface area contributed by atoms with Crippen molar-refractivity contribution in [3.05, 3.63) is 164 Å². The third-order valence-corrected chi connectivity index (χ3v) is 9.77. The molecule has 0 saturated heterocycles. The second-order valence-electron chi connectivity index (χ2n) is 12.2. The lowest BCUT2D eigenvalue weighted by Gasteiger charge is -2.28. The summed E-state index contributed by atoms with van der Waals surface area (Å²) in [4.78, 5) is 28.8. The zero-order chi connectivity index (χ0) is 34.4. The maximum Gasteiger partial charge on any atom is 0.303 e. The summed E-state index contributed by atoms with van der Waals surface area (Å²) in [5.41, 5.74) is 4.30. The summed E-state index contributed by atoms with van der Waals surface area (Å²) in [6, 6.07) is 38.8. The molecule has 2 unspecified atom stereocenters. The van der Waals surface area contributed by atoms with Crippen LogP contribution in [0.3, 0.4) is 0 Å². The summed E-state index contributed by atoms with van der Waals surface area (Å²) in [5.74, 6) is -1.14. The highest BCUT2D eigenvalue weighted by molar-refractivity contribution is 7.11. The minimum Gasteiger partial charge on any atom is -0.481 e. The molecule has 0 fully saturated rings. The van der Waals surface area contributed by atoms with Gasteiger partial charge in [0.1, 0.15) is 6.10 Å². The highest BCUT2D eigenvalue weighted by atomic mass is 35.5. The Balaban J connectivity index is 1.27. The van der Waals surface area contributed by atoms with Crippen molar-refractivity contribution in [1.29, 1.82) is 0 Å². The van der Waals surface area contributed by atoms with E-state index in [1.165, 1.54) is 10.4 Å². The Morgan fingerprint density at radius 3 is 2.18 bits per heavy atom. The monoisotopic (exact) mass is 695 g/mol. The molecule has 49 heavy (non-hydrogen) atoms. The van der Waals surface area contributed by atoms with Crippen molar-refractivity contribution < 1.29 is 24.5 Å². The molecule has 6 nitrogen and oxygen atoms in total. The summed E-state index contributed by atoms with van der Waals surface area (Å²) in [6.07, 6.45) is 1.85. The summed E-state index contributed by atoms with van der Waals surface area (Å²) >= 11 is 8.20. The third kappa shape index (κ3) is 11.5. The Labute approximate surface area is 297 Å². The SMILES string of the molecule is O=C(O)CCCCN(Cc1ccc(C(O)C(=O)c2ccccc2)cc1)CC(OCc1ccc(CCc2ccccc2)s1)c1cccc(Cl)c1. The first-order valence-electron chi connectivity index (χ1n) is 16.6. The number of carbonyl (C=O) groups excluding carboxylic acids is 1. The van der Waals surface area contributed by atoms with Gasteiger partial charge in [-0.05, 0) is 78.7 Å². The van der Waals surface area contributed by atoms with Gasteiger partial charge in [-0.25, -0.2) is 0 Å². The van der Waals surface area contributed by atoms with Gasteiger partial charge in [-0.2, -0.15) is 0 Å². The van der Waals surface area contributed by atoms with E-state index in [0.29, 0.717) is 55.2 Å². The minimum atomic E-state index is -1.25. The Hall–Kier alpha value is -4.11. The van der Waals surface area contributed by atoms with E-state index in [2.05, 4.69) is 41.3 Å².